The first-order chi connectivity index (χ1) is 6.00. The first-order valence-corrected chi connectivity index (χ1v) is 4.16. The highest BCUT2D eigenvalue weighted by Crippen LogP contribution is 2.11. The second kappa shape index (κ2) is 3.51. The summed E-state index contributed by atoms with van der Waals surface area (Å²) >= 11 is 0. The lowest BCUT2D eigenvalue weighted by Crippen LogP contribution is -2.17. The molecule has 70 valence electrons. The van der Waals surface area contributed by atoms with Crippen LogP contribution in [-0.2, 0) is 0 Å². The SMILES string of the molecule is Cc1cc(C(C)C)nc(C(N)=O)n1. The molecule has 0 saturated heterocycles. The first kappa shape index (κ1) is 9.64. The van der Waals surface area contributed by atoms with E-state index in [0.717, 1.165) is 11.4 Å². The zero-order valence-corrected chi connectivity index (χ0v) is 8.03. The first-order valence-electron chi connectivity index (χ1n) is 4.16. The van der Waals surface area contributed by atoms with Crippen LogP contribution in [0.25, 0.3) is 0 Å². The molecule has 1 heterocycles. The second-order valence-corrected chi connectivity index (χ2v) is 3.28. The number of nitrogens with zero attached hydrogens (tertiary/aromatic N) is 2. The predicted molar refractivity (Wildman–Crippen MR) is 49.4 cm³/mol. The molecule has 0 atom stereocenters. The number of rotatable bonds is 2. The average Bonchev–Trinajstić information content (AvgIpc) is 2.03. The Morgan fingerprint density at radius 1 is 1.46 bits per heavy atom. The minimum Gasteiger partial charge on any atom is -0.363 e. The maximum atomic E-state index is 10.8. The van der Waals surface area contributed by atoms with Crippen LogP contribution in [0, 0.1) is 6.92 Å². The van der Waals surface area contributed by atoms with E-state index in [2.05, 4.69) is 9.97 Å². The van der Waals surface area contributed by atoms with E-state index in [1.165, 1.54) is 0 Å². The lowest BCUT2D eigenvalue weighted by molar-refractivity contribution is 0.0990. The molecule has 0 bridgehead atoms. The van der Waals surface area contributed by atoms with Gasteiger partial charge in [-0.3, -0.25) is 4.79 Å². The molecule has 0 spiro atoms. The molecular weight excluding hydrogens is 166 g/mol. The fourth-order valence-electron chi connectivity index (χ4n) is 0.999. The maximum Gasteiger partial charge on any atom is 0.286 e. The molecule has 0 aliphatic heterocycles. The lowest BCUT2D eigenvalue weighted by atomic mass is 10.1. The van der Waals surface area contributed by atoms with Crippen molar-refractivity contribution in [3.8, 4) is 0 Å². The monoisotopic (exact) mass is 179 g/mol. The minimum atomic E-state index is -0.578. The Morgan fingerprint density at radius 2 is 2.08 bits per heavy atom. The zero-order chi connectivity index (χ0) is 10.0. The van der Waals surface area contributed by atoms with Crippen LogP contribution in [0.3, 0.4) is 0 Å². The van der Waals surface area contributed by atoms with E-state index < -0.39 is 5.91 Å². The molecule has 4 heteroatoms. The van der Waals surface area contributed by atoms with E-state index in [1.807, 2.05) is 26.8 Å². The van der Waals surface area contributed by atoms with Crippen molar-refractivity contribution in [2.75, 3.05) is 0 Å². The number of aryl methyl sites for hydroxylation is 1. The number of hydrogen-bond acceptors (Lipinski definition) is 3. The standard InChI is InChI=1S/C9H13N3O/c1-5(2)7-4-6(3)11-9(12-7)8(10)13/h4-5H,1-3H3,(H2,10,13). The molecule has 1 rings (SSSR count). The normalized spacial score (nSPS) is 10.5. The number of carbonyl (C=O) groups excluding carboxylic acids is 1. The van der Waals surface area contributed by atoms with E-state index in [0.29, 0.717) is 0 Å². The van der Waals surface area contributed by atoms with Gasteiger partial charge in [-0.1, -0.05) is 13.8 Å². The van der Waals surface area contributed by atoms with Gasteiger partial charge in [0.25, 0.3) is 5.91 Å². The Labute approximate surface area is 77.2 Å². The molecule has 1 aromatic heterocycles. The summed E-state index contributed by atoms with van der Waals surface area (Å²) in [5, 5.41) is 0. The summed E-state index contributed by atoms with van der Waals surface area (Å²) in [5.74, 6) is -0.200. The summed E-state index contributed by atoms with van der Waals surface area (Å²) in [7, 11) is 0. The third-order valence-electron chi connectivity index (χ3n) is 1.69. The van der Waals surface area contributed by atoms with Gasteiger partial charge >= 0.3 is 0 Å². The highest BCUT2D eigenvalue weighted by Gasteiger charge is 2.08. The van der Waals surface area contributed by atoms with Crippen molar-refractivity contribution >= 4 is 5.91 Å². The molecule has 0 aliphatic carbocycles. The van der Waals surface area contributed by atoms with E-state index in [1.54, 1.807) is 0 Å². The van der Waals surface area contributed by atoms with Gasteiger partial charge in [-0.25, -0.2) is 9.97 Å². The van der Waals surface area contributed by atoms with E-state index in [4.69, 9.17) is 5.73 Å². The minimum absolute atomic E-state index is 0.101. The Morgan fingerprint density at radius 3 is 2.54 bits per heavy atom. The van der Waals surface area contributed by atoms with Gasteiger partial charge in [0.2, 0.25) is 5.82 Å². The highest BCUT2D eigenvalue weighted by atomic mass is 16.1. The van der Waals surface area contributed by atoms with Crippen LogP contribution in [-0.4, -0.2) is 15.9 Å². The van der Waals surface area contributed by atoms with Gasteiger partial charge in [-0.15, -0.1) is 0 Å². The fourth-order valence-corrected chi connectivity index (χ4v) is 0.999. The van der Waals surface area contributed by atoms with Crippen molar-refractivity contribution in [2.45, 2.75) is 26.7 Å². The van der Waals surface area contributed by atoms with Crippen molar-refractivity contribution in [3.05, 3.63) is 23.3 Å². The number of hydrogen-bond donors (Lipinski definition) is 1. The Kier molecular flexibility index (Phi) is 2.60. The Bertz CT molecular complexity index is 334. The lowest BCUT2D eigenvalue weighted by Gasteiger charge is -2.05. The molecule has 1 aromatic rings. The summed E-state index contributed by atoms with van der Waals surface area (Å²) in [5.41, 5.74) is 6.71. The Balaban J connectivity index is 3.19. The molecule has 0 radical (unpaired) electrons. The van der Waals surface area contributed by atoms with E-state index >= 15 is 0 Å². The molecular formula is C9H13N3O. The van der Waals surface area contributed by atoms with Crippen LogP contribution in [0.5, 0.6) is 0 Å². The van der Waals surface area contributed by atoms with Gasteiger partial charge in [0.1, 0.15) is 0 Å². The van der Waals surface area contributed by atoms with Crippen LogP contribution in [0.4, 0.5) is 0 Å². The second-order valence-electron chi connectivity index (χ2n) is 3.28. The summed E-state index contributed by atoms with van der Waals surface area (Å²) < 4.78 is 0. The van der Waals surface area contributed by atoms with Crippen LogP contribution >= 0.6 is 0 Å². The van der Waals surface area contributed by atoms with Crippen LogP contribution in [0.15, 0.2) is 6.07 Å². The van der Waals surface area contributed by atoms with E-state index in [-0.39, 0.29) is 11.7 Å². The molecule has 2 N–H and O–H groups in total. The molecule has 0 aliphatic rings. The van der Waals surface area contributed by atoms with Gasteiger partial charge in [-0.05, 0) is 18.9 Å². The molecule has 0 saturated carbocycles. The largest absolute Gasteiger partial charge is 0.363 e. The summed E-state index contributed by atoms with van der Waals surface area (Å²) in [4.78, 5) is 18.8. The molecule has 0 unspecified atom stereocenters. The predicted octanol–water partition coefficient (Wildman–Crippen LogP) is 1.01. The third-order valence-corrected chi connectivity index (χ3v) is 1.69. The van der Waals surface area contributed by atoms with Gasteiger partial charge in [0, 0.05) is 11.4 Å². The molecule has 1 amide bonds. The smallest absolute Gasteiger partial charge is 0.286 e. The van der Waals surface area contributed by atoms with Gasteiger partial charge in [0.15, 0.2) is 0 Å². The highest BCUT2D eigenvalue weighted by molar-refractivity contribution is 5.88. The average molecular weight is 179 g/mol. The van der Waals surface area contributed by atoms with Crippen molar-refractivity contribution < 1.29 is 4.79 Å². The topological polar surface area (TPSA) is 68.9 Å². The number of primary amides is 1. The number of amides is 1. The van der Waals surface area contributed by atoms with Crippen LogP contribution in [0.1, 0.15) is 41.8 Å². The maximum absolute atomic E-state index is 10.8. The van der Waals surface area contributed by atoms with Gasteiger partial charge in [0.05, 0.1) is 0 Å². The van der Waals surface area contributed by atoms with Crippen LogP contribution in [0.2, 0.25) is 0 Å². The quantitative estimate of drug-likeness (QED) is 0.736. The molecule has 13 heavy (non-hydrogen) atoms. The van der Waals surface area contributed by atoms with E-state index in [9.17, 15) is 4.79 Å². The van der Waals surface area contributed by atoms with Crippen LogP contribution < -0.4 is 5.73 Å². The number of nitrogens with two attached hydrogens (primary N) is 1. The zero-order valence-electron chi connectivity index (χ0n) is 8.03. The van der Waals surface area contributed by atoms with Crippen molar-refractivity contribution in [1.29, 1.82) is 0 Å². The molecule has 4 nitrogen and oxygen atoms in total. The summed E-state index contributed by atoms with van der Waals surface area (Å²) in [6.07, 6.45) is 0. The van der Waals surface area contributed by atoms with Crippen molar-refractivity contribution in [3.63, 3.8) is 0 Å². The Hall–Kier alpha value is -1.45. The van der Waals surface area contributed by atoms with Gasteiger partial charge in [-0.2, -0.15) is 0 Å². The fraction of sp³-hybridized carbons (Fsp3) is 0.444. The number of carbonyl (C=O) groups is 1. The third kappa shape index (κ3) is 2.24. The summed E-state index contributed by atoms with van der Waals surface area (Å²) in [6, 6.07) is 1.86. The van der Waals surface area contributed by atoms with Gasteiger partial charge < -0.3 is 5.73 Å². The molecule has 0 aromatic carbocycles. The molecule has 0 fully saturated rings. The van der Waals surface area contributed by atoms with Crippen molar-refractivity contribution in [2.24, 2.45) is 5.73 Å². The number of aromatic nitrogens is 2. The summed E-state index contributed by atoms with van der Waals surface area (Å²) in [6.45, 7) is 5.83. The van der Waals surface area contributed by atoms with Crippen molar-refractivity contribution in [1.82, 2.24) is 9.97 Å².